The highest BCUT2D eigenvalue weighted by molar-refractivity contribution is 5.34. The van der Waals surface area contributed by atoms with Crippen molar-refractivity contribution in [3.63, 3.8) is 0 Å². The number of hydrogen-bond acceptors (Lipinski definition) is 2. The van der Waals surface area contributed by atoms with Gasteiger partial charge in [0.1, 0.15) is 0 Å². The molecular formula is C8H7F4NO. The maximum atomic E-state index is 12.9. The Morgan fingerprint density at radius 1 is 1.00 bits per heavy atom. The highest BCUT2D eigenvalue weighted by Gasteiger charge is 2.24. The van der Waals surface area contributed by atoms with E-state index in [-0.39, 0.29) is 0 Å². The molecule has 0 spiro atoms. The zero-order chi connectivity index (χ0) is 10.9. The molecule has 1 aromatic rings. The average molecular weight is 209 g/mol. The van der Waals surface area contributed by atoms with Crippen LogP contribution in [0.4, 0.5) is 17.6 Å². The highest BCUT2D eigenvalue weighted by Crippen LogP contribution is 2.29. The molecule has 0 radical (unpaired) electrons. The molecule has 1 rings (SSSR count). The lowest BCUT2D eigenvalue weighted by Gasteiger charge is -2.08. The zero-order valence-electron chi connectivity index (χ0n) is 7.20. The average Bonchev–Trinajstić information content (AvgIpc) is 2.17. The quantitative estimate of drug-likeness (QED) is 0.594. The Kier molecular flexibility index (Phi) is 2.95. The van der Waals surface area contributed by atoms with E-state index in [2.05, 4.69) is 4.74 Å². The Bertz CT molecular complexity index is 303. The van der Waals surface area contributed by atoms with Crippen molar-refractivity contribution in [3.05, 3.63) is 28.8 Å². The topological polar surface area (TPSA) is 35.2 Å². The third kappa shape index (κ3) is 1.41. The Labute approximate surface area is 77.3 Å². The van der Waals surface area contributed by atoms with Crippen LogP contribution in [0.15, 0.2) is 0 Å². The molecule has 2 nitrogen and oxygen atoms in total. The Morgan fingerprint density at radius 2 is 1.43 bits per heavy atom. The first-order valence-electron chi connectivity index (χ1n) is 3.63. The molecule has 78 valence electrons. The maximum absolute atomic E-state index is 12.9. The smallest absolute Gasteiger partial charge is 0.204 e. The number of halogens is 4. The van der Waals surface area contributed by atoms with Crippen molar-refractivity contribution >= 4 is 0 Å². The third-order valence-electron chi connectivity index (χ3n) is 1.72. The molecule has 0 aliphatic carbocycles. The summed E-state index contributed by atoms with van der Waals surface area (Å²) in [6.45, 7) is -0.629. The second-order valence-corrected chi connectivity index (χ2v) is 2.47. The summed E-state index contributed by atoms with van der Waals surface area (Å²) in [4.78, 5) is 0. The van der Waals surface area contributed by atoms with Gasteiger partial charge in [-0.1, -0.05) is 0 Å². The van der Waals surface area contributed by atoms with Crippen LogP contribution < -0.4 is 10.5 Å². The summed E-state index contributed by atoms with van der Waals surface area (Å²) in [5.74, 6) is -7.29. The first kappa shape index (κ1) is 10.8. The van der Waals surface area contributed by atoms with E-state index in [1.807, 2.05) is 0 Å². The number of methoxy groups -OCH3 is 1. The lowest BCUT2D eigenvalue weighted by atomic mass is 10.1. The number of hydrogen-bond donors (Lipinski definition) is 1. The minimum absolute atomic E-state index is 0.629. The SMILES string of the molecule is COc1c(F)c(F)c(CN)c(F)c1F. The summed E-state index contributed by atoms with van der Waals surface area (Å²) < 4.78 is 55.9. The number of benzene rings is 1. The first-order chi connectivity index (χ1) is 6.54. The van der Waals surface area contributed by atoms with Gasteiger partial charge in [-0.25, -0.2) is 8.78 Å². The van der Waals surface area contributed by atoms with E-state index in [4.69, 9.17) is 5.73 Å². The fraction of sp³-hybridized carbons (Fsp3) is 0.250. The molecule has 14 heavy (non-hydrogen) atoms. The molecular weight excluding hydrogens is 202 g/mol. The Hall–Kier alpha value is -1.30. The molecule has 0 bridgehead atoms. The molecule has 1 aromatic carbocycles. The largest absolute Gasteiger partial charge is 0.491 e. The van der Waals surface area contributed by atoms with Crippen LogP contribution >= 0.6 is 0 Å². The number of ether oxygens (including phenoxy) is 1. The van der Waals surface area contributed by atoms with E-state index >= 15 is 0 Å². The fourth-order valence-electron chi connectivity index (χ4n) is 1.02. The van der Waals surface area contributed by atoms with Gasteiger partial charge in [0.05, 0.1) is 7.11 Å². The van der Waals surface area contributed by atoms with Crippen LogP contribution in [0, 0.1) is 23.3 Å². The normalized spacial score (nSPS) is 10.4. The van der Waals surface area contributed by atoms with E-state index in [0.29, 0.717) is 0 Å². The van der Waals surface area contributed by atoms with Crippen molar-refractivity contribution in [1.29, 1.82) is 0 Å². The van der Waals surface area contributed by atoms with Gasteiger partial charge in [-0.3, -0.25) is 0 Å². The Morgan fingerprint density at radius 3 is 1.71 bits per heavy atom. The summed E-state index contributed by atoms with van der Waals surface area (Å²) in [6, 6.07) is 0. The van der Waals surface area contributed by atoms with E-state index < -0.39 is 41.1 Å². The zero-order valence-corrected chi connectivity index (χ0v) is 7.20. The minimum Gasteiger partial charge on any atom is -0.491 e. The summed E-state index contributed by atoms with van der Waals surface area (Å²) in [5, 5.41) is 0. The predicted octanol–water partition coefficient (Wildman–Crippen LogP) is 1.71. The van der Waals surface area contributed by atoms with Gasteiger partial charge in [0.2, 0.25) is 11.6 Å². The van der Waals surface area contributed by atoms with Crippen LogP contribution in [0.1, 0.15) is 5.56 Å². The van der Waals surface area contributed by atoms with E-state index in [1.165, 1.54) is 0 Å². The molecule has 0 saturated carbocycles. The molecule has 0 aliphatic heterocycles. The first-order valence-corrected chi connectivity index (χ1v) is 3.63. The van der Waals surface area contributed by atoms with Crippen molar-refractivity contribution in [2.24, 2.45) is 5.73 Å². The molecule has 0 amide bonds. The molecule has 0 saturated heterocycles. The standard InChI is InChI=1S/C8H7F4NO/c1-14-8-6(11)4(9)3(2-13)5(10)7(8)12/h2,13H2,1H3. The minimum atomic E-state index is -1.58. The van der Waals surface area contributed by atoms with Gasteiger partial charge in [-0.2, -0.15) is 8.78 Å². The molecule has 6 heteroatoms. The van der Waals surface area contributed by atoms with Crippen molar-refractivity contribution in [3.8, 4) is 5.75 Å². The monoisotopic (exact) mass is 209 g/mol. The maximum Gasteiger partial charge on any atom is 0.204 e. The van der Waals surface area contributed by atoms with E-state index in [9.17, 15) is 17.6 Å². The van der Waals surface area contributed by atoms with Crippen LogP contribution in [0.2, 0.25) is 0 Å². The number of nitrogens with two attached hydrogens (primary N) is 1. The van der Waals surface area contributed by atoms with Crippen LogP contribution in [-0.4, -0.2) is 7.11 Å². The third-order valence-corrected chi connectivity index (χ3v) is 1.72. The van der Waals surface area contributed by atoms with Gasteiger partial charge in [0.25, 0.3) is 0 Å². The highest BCUT2D eigenvalue weighted by atomic mass is 19.2. The fourth-order valence-corrected chi connectivity index (χ4v) is 1.02. The van der Waals surface area contributed by atoms with Crippen molar-refractivity contribution < 1.29 is 22.3 Å². The van der Waals surface area contributed by atoms with Gasteiger partial charge in [0.15, 0.2) is 17.4 Å². The van der Waals surface area contributed by atoms with Crippen molar-refractivity contribution in [2.45, 2.75) is 6.54 Å². The number of rotatable bonds is 2. The summed E-state index contributed by atoms with van der Waals surface area (Å²) >= 11 is 0. The molecule has 0 unspecified atom stereocenters. The van der Waals surface area contributed by atoms with Crippen molar-refractivity contribution in [2.75, 3.05) is 7.11 Å². The molecule has 0 atom stereocenters. The van der Waals surface area contributed by atoms with E-state index in [1.54, 1.807) is 0 Å². The summed E-state index contributed by atoms with van der Waals surface area (Å²) in [6.07, 6.45) is 0. The second-order valence-electron chi connectivity index (χ2n) is 2.47. The van der Waals surface area contributed by atoms with Crippen LogP contribution in [-0.2, 0) is 6.54 Å². The second kappa shape index (κ2) is 3.83. The van der Waals surface area contributed by atoms with Crippen LogP contribution in [0.3, 0.4) is 0 Å². The van der Waals surface area contributed by atoms with Crippen LogP contribution in [0.5, 0.6) is 5.75 Å². The summed E-state index contributed by atoms with van der Waals surface area (Å²) in [5.41, 5.74) is 4.09. The molecule has 0 heterocycles. The van der Waals surface area contributed by atoms with Crippen LogP contribution in [0.25, 0.3) is 0 Å². The molecule has 2 N–H and O–H groups in total. The molecule has 0 aliphatic rings. The predicted molar refractivity (Wildman–Crippen MR) is 40.7 cm³/mol. The lowest BCUT2D eigenvalue weighted by molar-refractivity contribution is 0.328. The van der Waals surface area contributed by atoms with Gasteiger partial charge in [-0.15, -0.1) is 0 Å². The van der Waals surface area contributed by atoms with Gasteiger partial charge < -0.3 is 10.5 Å². The van der Waals surface area contributed by atoms with Gasteiger partial charge >= 0.3 is 0 Å². The lowest BCUT2D eigenvalue weighted by Crippen LogP contribution is -2.10. The van der Waals surface area contributed by atoms with E-state index in [0.717, 1.165) is 7.11 Å². The van der Waals surface area contributed by atoms with Crippen molar-refractivity contribution in [1.82, 2.24) is 0 Å². The summed E-state index contributed by atoms with van der Waals surface area (Å²) in [7, 11) is 0.905. The Balaban J connectivity index is 3.55. The van der Waals surface area contributed by atoms with Gasteiger partial charge in [-0.05, 0) is 0 Å². The molecule has 0 aromatic heterocycles. The van der Waals surface area contributed by atoms with Gasteiger partial charge in [0, 0.05) is 12.1 Å². The molecule has 0 fully saturated rings.